The second-order valence-electron chi connectivity index (χ2n) is 7.72. The Bertz CT molecular complexity index is 936. The predicted octanol–water partition coefficient (Wildman–Crippen LogP) is 3.09. The number of anilines is 1. The first-order valence-corrected chi connectivity index (χ1v) is 9.53. The fraction of sp³-hybridized carbons (Fsp3) is 0.450. The number of rotatable bonds is 2. The van der Waals surface area contributed by atoms with Crippen molar-refractivity contribution in [3.05, 3.63) is 46.2 Å². The summed E-state index contributed by atoms with van der Waals surface area (Å²) >= 11 is 6.01. The second-order valence-corrected chi connectivity index (χ2v) is 8.16. The summed E-state index contributed by atoms with van der Waals surface area (Å²) in [6, 6.07) is 7.63. The van der Waals surface area contributed by atoms with E-state index >= 15 is 0 Å². The molecular formula is C20H22ClN5O. The van der Waals surface area contributed by atoms with Gasteiger partial charge in [-0.05, 0) is 31.0 Å². The summed E-state index contributed by atoms with van der Waals surface area (Å²) in [5.41, 5.74) is 3.39. The van der Waals surface area contributed by atoms with E-state index in [1.165, 1.54) is 0 Å². The van der Waals surface area contributed by atoms with Crippen molar-refractivity contribution in [3.63, 3.8) is 0 Å². The lowest BCUT2D eigenvalue weighted by atomic mass is 9.78. The van der Waals surface area contributed by atoms with Gasteiger partial charge in [-0.15, -0.1) is 0 Å². The van der Waals surface area contributed by atoms with Gasteiger partial charge in [-0.25, -0.2) is 0 Å². The van der Waals surface area contributed by atoms with Crippen molar-refractivity contribution in [1.29, 1.82) is 5.26 Å². The molecule has 7 heteroatoms. The molecule has 2 aliphatic rings. The number of halogens is 1. The SMILES string of the molecule is Cn1ncc2c1CN(C(=O)C1(C)CCN(c3ccc(Cl)cc3C#N)CC1)C2. The highest BCUT2D eigenvalue weighted by atomic mass is 35.5. The predicted molar refractivity (Wildman–Crippen MR) is 103 cm³/mol. The Hall–Kier alpha value is -2.52. The highest BCUT2D eigenvalue weighted by molar-refractivity contribution is 6.30. The minimum atomic E-state index is -0.370. The van der Waals surface area contributed by atoms with E-state index in [2.05, 4.69) is 23.0 Å². The largest absolute Gasteiger partial charge is 0.370 e. The fourth-order valence-electron chi connectivity index (χ4n) is 4.14. The quantitative estimate of drug-likeness (QED) is 0.799. The maximum absolute atomic E-state index is 13.2. The Kier molecular flexibility index (Phi) is 4.35. The smallest absolute Gasteiger partial charge is 0.229 e. The molecule has 0 unspecified atom stereocenters. The molecule has 0 N–H and O–H groups in total. The van der Waals surface area contributed by atoms with Crippen molar-refractivity contribution in [2.24, 2.45) is 12.5 Å². The van der Waals surface area contributed by atoms with Crippen LogP contribution in [0.4, 0.5) is 5.69 Å². The van der Waals surface area contributed by atoms with Crippen molar-refractivity contribution < 1.29 is 4.79 Å². The summed E-state index contributed by atoms with van der Waals surface area (Å²) in [5.74, 6) is 0.218. The molecule has 0 atom stereocenters. The van der Waals surface area contributed by atoms with Gasteiger partial charge in [0.1, 0.15) is 6.07 Å². The summed E-state index contributed by atoms with van der Waals surface area (Å²) in [7, 11) is 1.92. The number of nitriles is 1. The van der Waals surface area contributed by atoms with E-state index in [1.807, 2.05) is 35.0 Å². The monoisotopic (exact) mass is 383 g/mol. The van der Waals surface area contributed by atoms with E-state index in [0.29, 0.717) is 23.7 Å². The van der Waals surface area contributed by atoms with Crippen LogP contribution in [0.25, 0.3) is 0 Å². The average Bonchev–Trinajstić information content (AvgIpc) is 3.24. The van der Waals surface area contributed by atoms with E-state index in [0.717, 1.165) is 42.9 Å². The molecule has 0 saturated carbocycles. The van der Waals surface area contributed by atoms with Crippen LogP contribution in [0.5, 0.6) is 0 Å². The maximum atomic E-state index is 13.2. The standard InChI is InChI=1S/C20H22ClN5O/c1-20(19(27)26-12-15-11-23-24(2)18(15)13-26)5-7-25(8-6-20)17-4-3-16(21)9-14(17)10-22/h3-4,9,11H,5-8,12-13H2,1-2H3. The molecule has 1 amide bonds. The zero-order valence-electron chi connectivity index (χ0n) is 15.6. The van der Waals surface area contributed by atoms with Gasteiger partial charge in [0.05, 0.1) is 29.7 Å². The van der Waals surface area contributed by atoms with Crippen molar-refractivity contribution in [2.75, 3.05) is 18.0 Å². The number of aryl methyl sites for hydroxylation is 1. The molecule has 2 aromatic rings. The molecule has 1 fully saturated rings. The number of carbonyl (C=O) groups excluding carboxylic acids is 1. The minimum Gasteiger partial charge on any atom is -0.370 e. The van der Waals surface area contributed by atoms with Gasteiger partial charge in [-0.3, -0.25) is 9.48 Å². The molecule has 4 rings (SSSR count). The van der Waals surface area contributed by atoms with Crippen molar-refractivity contribution in [3.8, 4) is 6.07 Å². The molecule has 27 heavy (non-hydrogen) atoms. The summed E-state index contributed by atoms with van der Waals surface area (Å²) < 4.78 is 1.86. The van der Waals surface area contributed by atoms with Crippen LogP contribution in [0.15, 0.2) is 24.4 Å². The molecule has 3 heterocycles. The zero-order valence-corrected chi connectivity index (χ0v) is 16.3. The second kappa shape index (κ2) is 6.58. The number of hydrogen-bond acceptors (Lipinski definition) is 4. The van der Waals surface area contributed by atoms with Crippen LogP contribution >= 0.6 is 11.6 Å². The molecule has 2 aliphatic heterocycles. The van der Waals surface area contributed by atoms with Gasteiger partial charge in [-0.1, -0.05) is 18.5 Å². The van der Waals surface area contributed by atoms with E-state index in [4.69, 9.17) is 11.6 Å². The van der Waals surface area contributed by atoms with E-state index in [1.54, 1.807) is 6.07 Å². The Morgan fingerprint density at radius 2 is 2.04 bits per heavy atom. The van der Waals surface area contributed by atoms with Gasteiger partial charge >= 0.3 is 0 Å². The first-order valence-electron chi connectivity index (χ1n) is 9.15. The van der Waals surface area contributed by atoms with Crippen LogP contribution in [-0.2, 0) is 24.9 Å². The van der Waals surface area contributed by atoms with Crippen LogP contribution in [0.3, 0.4) is 0 Å². The zero-order chi connectivity index (χ0) is 19.2. The molecule has 140 valence electrons. The third-order valence-electron chi connectivity index (χ3n) is 5.94. The van der Waals surface area contributed by atoms with Crippen molar-refractivity contribution in [1.82, 2.24) is 14.7 Å². The number of fused-ring (bicyclic) bond motifs is 1. The van der Waals surface area contributed by atoms with Crippen molar-refractivity contribution in [2.45, 2.75) is 32.9 Å². The average molecular weight is 384 g/mol. The number of piperidine rings is 1. The lowest BCUT2D eigenvalue weighted by Crippen LogP contribution is -2.47. The van der Waals surface area contributed by atoms with E-state index in [-0.39, 0.29) is 11.3 Å². The highest BCUT2D eigenvalue weighted by Crippen LogP contribution is 2.38. The summed E-state index contributed by atoms with van der Waals surface area (Å²) in [4.78, 5) is 17.4. The van der Waals surface area contributed by atoms with Gasteiger partial charge in [0.15, 0.2) is 0 Å². The molecule has 1 aromatic heterocycles. The first kappa shape index (κ1) is 17.9. The molecule has 1 aromatic carbocycles. The summed E-state index contributed by atoms with van der Waals surface area (Å²) in [6.45, 7) is 4.86. The highest BCUT2D eigenvalue weighted by Gasteiger charge is 2.41. The van der Waals surface area contributed by atoms with Gasteiger partial charge < -0.3 is 9.80 Å². The number of carbonyl (C=O) groups is 1. The van der Waals surface area contributed by atoms with Crippen LogP contribution in [0.2, 0.25) is 5.02 Å². The number of hydrogen-bond donors (Lipinski definition) is 0. The van der Waals surface area contributed by atoms with Crippen LogP contribution in [-0.4, -0.2) is 33.7 Å². The lowest BCUT2D eigenvalue weighted by Gasteiger charge is -2.41. The number of aromatic nitrogens is 2. The molecule has 0 spiro atoms. The number of amides is 1. The Morgan fingerprint density at radius 3 is 2.70 bits per heavy atom. The van der Waals surface area contributed by atoms with Crippen LogP contribution in [0, 0.1) is 16.7 Å². The fourth-order valence-corrected chi connectivity index (χ4v) is 4.31. The van der Waals surface area contributed by atoms with Gasteiger partial charge in [0.25, 0.3) is 0 Å². The normalized spacial score (nSPS) is 18.3. The number of benzene rings is 1. The van der Waals surface area contributed by atoms with Crippen LogP contribution in [0.1, 0.15) is 36.6 Å². The first-order chi connectivity index (χ1) is 12.9. The maximum Gasteiger partial charge on any atom is 0.229 e. The Labute approximate surface area is 163 Å². The Balaban J connectivity index is 1.45. The molecule has 0 radical (unpaired) electrons. The third kappa shape index (κ3) is 3.06. The molecular weight excluding hydrogens is 362 g/mol. The summed E-state index contributed by atoms with van der Waals surface area (Å²) in [6.07, 6.45) is 3.40. The number of nitrogens with zero attached hydrogens (tertiary/aromatic N) is 5. The van der Waals surface area contributed by atoms with E-state index in [9.17, 15) is 10.1 Å². The Morgan fingerprint density at radius 1 is 1.30 bits per heavy atom. The molecule has 0 aliphatic carbocycles. The molecule has 6 nitrogen and oxygen atoms in total. The van der Waals surface area contributed by atoms with Crippen LogP contribution < -0.4 is 4.90 Å². The van der Waals surface area contributed by atoms with Crippen molar-refractivity contribution >= 4 is 23.2 Å². The van der Waals surface area contributed by atoms with Gasteiger partial charge in [0.2, 0.25) is 5.91 Å². The third-order valence-corrected chi connectivity index (χ3v) is 6.18. The lowest BCUT2D eigenvalue weighted by molar-refractivity contribution is -0.143. The van der Waals surface area contributed by atoms with Gasteiger partial charge in [-0.2, -0.15) is 10.4 Å². The van der Waals surface area contributed by atoms with Gasteiger partial charge in [0, 0.05) is 42.7 Å². The van der Waals surface area contributed by atoms with E-state index < -0.39 is 0 Å². The molecule has 1 saturated heterocycles. The molecule has 0 bridgehead atoms. The minimum absolute atomic E-state index is 0.218. The topological polar surface area (TPSA) is 65.2 Å². The summed E-state index contributed by atoms with van der Waals surface area (Å²) in [5, 5.41) is 14.2.